The summed E-state index contributed by atoms with van der Waals surface area (Å²) in [5, 5.41) is 16.5. The molecule has 4 rings (SSSR count). The summed E-state index contributed by atoms with van der Waals surface area (Å²) in [6.45, 7) is 12.8. The highest BCUT2D eigenvalue weighted by Gasteiger charge is 2.32. The lowest BCUT2D eigenvalue weighted by molar-refractivity contribution is -0.155. The highest BCUT2D eigenvalue weighted by molar-refractivity contribution is 7.15. The minimum Gasteiger partial charge on any atom is -0.460 e. The Balaban J connectivity index is 1.23. The zero-order valence-electron chi connectivity index (χ0n) is 28.4. The summed E-state index contributed by atoms with van der Waals surface area (Å²) < 4.78 is 7.35. The van der Waals surface area contributed by atoms with E-state index >= 15 is 0 Å². The zero-order valence-corrected chi connectivity index (χ0v) is 29.9. The number of aryl methyl sites for hydroxylation is 2. The van der Waals surface area contributed by atoms with Crippen molar-refractivity contribution in [2.24, 2.45) is 4.99 Å². The van der Waals surface area contributed by atoms with Crippen LogP contribution in [0.4, 0.5) is 0 Å². The number of hydrogen-bond acceptors (Lipinski definition) is 8. The van der Waals surface area contributed by atoms with Crippen molar-refractivity contribution in [1.29, 1.82) is 0 Å². The molecule has 2 aromatic heterocycles. The molecule has 254 valence electrons. The maximum Gasteiger partial charge on any atom is 0.306 e. The molecule has 0 bridgehead atoms. The summed E-state index contributed by atoms with van der Waals surface area (Å²) in [4.78, 5) is 43.5. The first-order chi connectivity index (χ1) is 22.3. The number of nitrogens with one attached hydrogen (secondary N) is 2. The third-order valence-corrected chi connectivity index (χ3v) is 9.38. The number of thiophene rings is 1. The molecule has 12 heteroatoms. The molecule has 3 heterocycles. The van der Waals surface area contributed by atoms with Gasteiger partial charge >= 0.3 is 5.97 Å². The molecule has 0 radical (unpaired) electrons. The number of aliphatic imine (C=N–C) groups is 1. The Kier molecular flexibility index (Phi) is 12.7. The Labute approximate surface area is 286 Å². The van der Waals surface area contributed by atoms with E-state index in [0.717, 1.165) is 71.8 Å². The number of nitrogens with zero attached hydrogens (tertiary/aromatic N) is 4. The summed E-state index contributed by atoms with van der Waals surface area (Å²) in [5.41, 5.74) is 3.47. The lowest BCUT2D eigenvalue weighted by Crippen LogP contribution is -2.27. The van der Waals surface area contributed by atoms with Crippen molar-refractivity contribution in [2.75, 3.05) is 13.1 Å². The molecule has 0 fully saturated rings. The van der Waals surface area contributed by atoms with Crippen LogP contribution < -0.4 is 10.6 Å². The Morgan fingerprint density at radius 3 is 2.19 bits per heavy atom. The van der Waals surface area contributed by atoms with Gasteiger partial charge in [-0.25, -0.2) is 0 Å². The zero-order chi connectivity index (χ0) is 34.1. The lowest BCUT2D eigenvalue weighted by Gasteiger charge is -2.19. The van der Waals surface area contributed by atoms with Crippen molar-refractivity contribution in [3.05, 3.63) is 62.5 Å². The molecular weight excluding hydrogens is 636 g/mol. The summed E-state index contributed by atoms with van der Waals surface area (Å²) in [7, 11) is 0. The third kappa shape index (κ3) is 10.2. The topological polar surface area (TPSA) is 128 Å². The van der Waals surface area contributed by atoms with Gasteiger partial charge in [-0.2, -0.15) is 0 Å². The molecule has 2 amide bonds. The predicted molar refractivity (Wildman–Crippen MR) is 187 cm³/mol. The third-order valence-electron chi connectivity index (χ3n) is 7.94. The van der Waals surface area contributed by atoms with Crippen molar-refractivity contribution < 1.29 is 19.1 Å². The number of esters is 1. The van der Waals surface area contributed by atoms with E-state index in [4.69, 9.17) is 21.3 Å². The van der Waals surface area contributed by atoms with Crippen LogP contribution in [0.3, 0.4) is 0 Å². The molecule has 2 N–H and O–H groups in total. The van der Waals surface area contributed by atoms with E-state index in [2.05, 4.69) is 34.7 Å². The van der Waals surface area contributed by atoms with Crippen LogP contribution in [-0.4, -0.2) is 57.0 Å². The van der Waals surface area contributed by atoms with E-state index < -0.39 is 11.6 Å². The van der Waals surface area contributed by atoms with Gasteiger partial charge in [0.05, 0.1) is 12.1 Å². The maximum atomic E-state index is 13.2. The Bertz CT molecular complexity index is 1590. The van der Waals surface area contributed by atoms with Crippen molar-refractivity contribution in [1.82, 2.24) is 25.4 Å². The van der Waals surface area contributed by atoms with Crippen LogP contribution in [-0.2, 0) is 19.1 Å². The fourth-order valence-corrected chi connectivity index (χ4v) is 6.82. The van der Waals surface area contributed by atoms with Gasteiger partial charge in [-0.05, 0) is 84.9 Å². The largest absolute Gasteiger partial charge is 0.460 e. The van der Waals surface area contributed by atoms with E-state index in [9.17, 15) is 14.4 Å². The van der Waals surface area contributed by atoms with Gasteiger partial charge in [-0.15, -0.1) is 21.5 Å². The molecule has 1 atom stereocenters. The standard InChI is InChI=1S/C35H47ClN6O4S/c1-22-23(2)47-34-31(22)32(25-15-17-26(36)18-16-25)39-27(33-41-40-24(3)42(33)34)21-29(44)38-20-11-7-9-13-28(43)37-19-12-8-10-14-30(45)46-35(4,5)6/h15-18,27H,7-14,19-21H2,1-6H3,(H,37,43)(H,38,44)/t27-/m0/s1. The van der Waals surface area contributed by atoms with Crippen molar-refractivity contribution >= 4 is 46.4 Å². The van der Waals surface area contributed by atoms with Crippen LogP contribution in [0, 0.1) is 20.8 Å². The molecule has 1 aliphatic rings. The van der Waals surface area contributed by atoms with Gasteiger partial charge in [0.2, 0.25) is 11.8 Å². The van der Waals surface area contributed by atoms with Crippen molar-refractivity contribution in [3.8, 4) is 5.00 Å². The van der Waals surface area contributed by atoms with E-state index in [1.165, 1.54) is 4.88 Å². The number of rotatable bonds is 15. The number of carbonyl (C=O) groups is 3. The summed E-state index contributed by atoms with van der Waals surface area (Å²) in [5.74, 6) is 1.15. The summed E-state index contributed by atoms with van der Waals surface area (Å²) >= 11 is 7.88. The quantitative estimate of drug-likeness (QED) is 0.133. The minimum atomic E-state index is -0.512. The summed E-state index contributed by atoms with van der Waals surface area (Å²) in [6, 6.07) is 7.12. The molecule has 1 aliphatic heterocycles. The molecule has 0 spiro atoms. The molecule has 0 saturated heterocycles. The highest BCUT2D eigenvalue weighted by Crippen LogP contribution is 2.39. The first kappa shape index (κ1) is 36.3. The summed E-state index contributed by atoms with van der Waals surface area (Å²) in [6.07, 6.45) is 5.79. The minimum absolute atomic E-state index is 0.0299. The Hall–Kier alpha value is -3.57. The number of aromatic nitrogens is 3. The molecule has 0 unspecified atom stereocenters. The monoisotopic (exact) mass is 682 g/mol. The van der Waals surface area contributed by atoms with Gasteiger partial charge in [0, 0.05) is 47.0 Å². The first-order valence-electron chi connectivity index (χ1n) is 16.5. The number of carbonyl (C=O) groups excluding carboxylic acids is 3. The van der Waals surface area contributed by atoms with Gasteiger partial charge in [0.25, 0.3) is 0 Å². The second-order valence-corrected chi connectivity index (χ2v) is 14.7. The molecule has 0 saturated carbocycles. The first-order valence-corrected chi connectivity index (χ1v) is 17.6. The number of halogens is 1. The van der Waals surface area contributed by atoms with Gasteiger partial charge in [0.15, 0.2) is 5.82 Å². The van der Waals surface area contributed by atoms with Crippen LogP contribution in [0.2, 0.25) is 5.02 Å². The van der Waals surface area contributed by atoms with Crippen LogP contribution in [0.1, 0.15) is 118 Å². The Morgan fingerprint density at radius 2 is 1.53 bits per heavy atom. The SMILES string of the molecule is Cc1sc2c(c1C)C(c1ccc(Cl)cc1)=N[C@@H](CC(=O)NCCCCCC(=O)NCCCCCC(=O)OC(C)(C)C)c1nnc(C)n1-2. The molecule has 47 heavy (non-hydrogen) atoms. The van der Waals surface area contributed by atoms with Crippen molar-refractivity contribution in [3.63, 3.8) is 0 Å². The van der Waals surface area contributed by atoms with Crippen LogP contribution in [0.15, 0.2) is 29.3 Å². The fraction of sp³-hybridized carbons (Fsp3) is 0.543. The molecule has 0 aliphatic carbocycles. The second-order valence-electron chi connectivity index (χ2n) is 13.0. The average molecular weight is 683 g/mol. The molecule has 1 aromatic carbocycles. The number of hydrogen-bond donors (Lipinski definition) is 2. The van der Waals surface area contributed by atoms with Crippen LogP contribution >= 0.6 is 22.9 Å². The van der Waals surface area contributed by atoms with Crippen LogP contribution in [0.5, 0.6) is 0 Å². The average Bonchev–Trinajstić information content (AvgIpc) is 3.48. The number of unbranched alkanes of at least 4 members (excludes halogenated alkanes) is 4. The number of amides is 2. The highest BCUT2D eigenvalue weighted by atomic mass is 35.5. The molecule has 3 aromatic rings. The number of fused-ring (bicyclic) bond motifs is 3. The normalized spacial score (nSPS) is 14.1. The molecular formula is C35H47ClN6O4S. The van der Waals surface area contributed by atoms with Gasteiger partial charge in [0.1, 0.15) is 22.5 Å². The van der Waals surface area contributed by atoms with Crippen LogP contribution in [0.25, 0.3) is 5.00 Å². The Morgan fingerprint density at radius 1 is 0.894 bits per heavy atom. The fourth-order valence-electron chi connectivity index (χ4n) is 5.48. The molecule has 10 nitrogen and oxygen atoms in total. The smallest absolute Gasteiger partial charge is 0.306 e. The second kappa shape index (κ2) is 16.5. The predicted octanol–water partition coefficient (Wildman–Crippen LogP) is 6.88. The van der Waals surface area contributed by atoms with E-state index in [-0.39, 0.29) is 24.2 Å². The van der Waals surface area contributed by atoms with E-state index in [1.807, 2.05) is 56.5 Å². The van der Waals surface area contributed by atoms with Crippen molar-refractivity contribution in [2.45, 2.75) is 111 Å². The van der Waals surface area contributed by atoms with Gasteiger partial charge < -0.3 is 15.4 Å². The number of benzene rings is 1. The number of ether oxygens (including phenoxy) is 1. The van der Waals surface area contributed by atoms with Gasteiger partial charge in [-0.3, -0.25) is 23.9 Å². The van der Waals surface area contributed by atoms with E-state index in [0.29, 0.717) is 36.8 Å². The van der Waals surface area contributed by atoms with E-state index in [1.54, 1.807) is 11.3 Å². The maximum absolute atomic E-state index is 13.2. The van der Waals surface area contributed by atoms with Gasteiger partial charge in [-0.1, -0.05) is 36.6 Å². The lowest BCUT2D eigenvalue weighted by atomic mass is 9.99.